The quantitative estimate of drug-likeness (QED) is 0.602. The van der Waals surface area contributed by atoms with Gasteiger partial charge in [0.2, 0.25) is 0 Å². The molecule has 0 spiro atoms. The number of carboxylic acids is 1. The number of benzene rings is 2. The lowest BCUT2D eigenvalue weighted by Crippen LogP contribution is -2.30. The Labute approximate surface area is 169 Å². The fourth-order valence-corrected chi connectivity index (χ4v) is 4.30. The minimum Gasteiger partial charge on any atom is -0.482 e. The predicted octanol–water partition coefficient (Wildman–Crippen LogP) is 3.76. The third kappa shape index (κ3) is 4.78. The van der Waals surface area contributed by atoms with Gasteiger partial charge in [-0.15, -0.1) is 0 Å². The predicted molar refractivity (Wildman–Crippen MR) is 108 cm³/mol. The van der Waals surface area contributed by atoms with E-state index in [1.165, 1.54) is 28.8 Å². The van der Waals surface area contributed by atoms with Crippen LogP contribution in [0.25, 0.3) is 0 Å². The molecule has 29 heavy (non-hydrogen) atoms. The van der Waals surface area contributed by atoms with Gasteiger partial charge in [-0.05, 0) is 61.9 Å². The lowest BCUT2D eigenvalue weighted by atomic mass is 10.2. The highest BCUT2D eigenvalue weighted by molar-refractivity contribution is 7.92. The molecule has 7 nitrogen and oxygen atoms in total. The van der Waals surface area contributed by atoms with Gasteiger partial charge < -0.3 is 14.3 Å². The van der Waals surface area contributed by atoms with Crippen molar-refractivity contribution in [1.29, 1.82) is 0 Å². The van der Waals surface area contributed by atoms with Gasteiger partial charge in [-0.1, -0.05) is 17.7 Å². The number of sulfonamides is 1. The molecular formula is C21H21NO6S. The molecule has 0 bridgehead atoms. The summed E-state index contributed by atoms with van der Waals surface area (Å²) in [5.41, 5.74) is 2.05. The Morgan fingerprint density at radius 1 is 1.10 bits per heavy atom. The van der Waals surface area contributed by atoms with Gasteiger partial charge in [0.25, 0.3) is 10.0 Å². The normalized spacial score (nSPS) is 11.2. The SMILES string of the molecule is Cc1ccc(N(Cc2ccco2)S(=O)(=O)c2ccc(OCC(=O)O)c(C)c2)cc1. The lowest BCUT2D eigenvalue weighted by molar-refractivity contribution is -0.139. The molecule has 0 aliphatic carbocycles. The summed E-state index contributed by atoms with van der Waals surface area (Å²) < 4.78 is 38.7. The van der Waals surface area contributed by atoms with Crippen molar-refractivity contribution in [1.82, 2.24) is 0 Å². The Bertz CT molecular complexity index is 1090. The van der Waals surface area contributed by atoms with E-state index in [0.717, 1.165) is 5.56 Å². The van der Waals surface area contributed by atoms with Gasteiger partial charge in [-0.25, -0.2) is 13.2 Å². The zero-order valence-corrected chi connectivity index (χ0v) is 16.8. The van der Waals surface area contributed by atoms with Gasteiger partial charge in [0.05, 0.1) is 23.4 Å². The summed E-state index contributed by atoms with van der Waals surface area (Å²) in [6.07, 6.45) is 1.49. The van der Waals surface area contributed by atoms with Crippen molar-refractivity contribution in [3.05, 3.63) is 77.7 Å². The topological polar surface area (TPSA) is 97.0 Å². The molecular weight excluding hydrogens is 394 g/mol. The van der Waals surface area contributed by atoms with Crippen LogP contribution in [0.1, 0.15) is 16.9 Å². The van der Waals surface area contributed by atoms with E-state index >= 15 is 0 Å². The molecule has 0 unspecified atom stereocenters. The number of ether oxygens (including phenoxy) is 1. The fraction of sp³-hybridized carbons (Fsp3) is 0.190. The van der Waals surface area contributed by atoms with Crippen LogP contribution in [0.15, 0.2) is 70.2 Å². The van der Waals surface area contributed by atoms with Crippen molar-refractivity contribution in [3.63, 3.8) is 0 Å². The van der Waals surface area contributed by atoms with Crippen LogP contribution in [-0.2, 0) is 21.4 Å². The minimum absolute atomic E-state index is 0.0364. The van der Waals surface area contributed by atoms with E-state index in [9.17, 15) is 13.2 Å². The minimum atomic E-state index is -3.91. The van der Waals surface area contributed by atoms with E-state index in [1.54, 1.807) is 31.2 Å². The van der Waals surface area contributed by atoms with E-state index in [2.05, 4.69) is 0 Å². The number of carboxylic acid groups (broad SMARTS) is 1. The van der Waals surface area contributed by atoms with Gasteiger partial charge in [0.1, 0.15) is 11.5 Å². The number of furan rings is 1. The monoisotopic (exact) mass is 415 g/mol. The molecule has 0 aliphatic rings. The highest BCUT2D eigenvalue weighted by atomic mass is 32.2. The van der Waals surface area contributed by atoms with Crippen molar-refractivity contribution in [2.75, 3.05) is 10.9 Å². The van der Waals surface area contributed by atoms with Gasteiger partial charge in [-0.3, -0.25) is 4.31 Å². The molecule has 8 heteroatoms. The molecule has 3 rings (SSSR count). The summed E-state index contributed by atoms with van der Waals surface area (Å²) in [5.74, 6) is -0.281. The average Bonchev–Trinajstić information content (AvgIpc) is 3.19. The molecule has 0 radical (unpaired) electrons. The number of carbonyl (C=O) groups is 1. The third-order valence-electron chi connectivity index (χ3n) is 4.29. The molecule has 0 saturated carbocycles. The van der Waals surface area contributed by atoms with Crippen molar-refractivity contribution < 1.29 is 27.5 Å². The second-order valence-electron chi connectivity index (χ2n) is 6.54. The molecule has 3 aromatic rings. The highest BCUT2D eigenvalue weighted by Crippen LogP contribution is 2.29. The van der Waals surface area contributed by atoms with Crippen LogP contribution in [0.2, 0.25) is 0 Å². The molecule has 152 valence electrons. The molecule has 0 atom stereocenters. The van der Waals surface area contributed by atoms with E-state index in [4.69, 9.17) is 14.3 Å². The first-order valence-corrected chi connectivity index (χ1v) is 10.3. The van der Waals surface area contributed by atoms with Crippen LogP contribution in [0, 0.1) is 13.8 Å². The number of anilines is 1. The Balaban J connectivity index is 1.98. The molecule has 1 heterocycles. The molecule has 0 saturated heterocycles. The van der Waals surface area contributed by atoms with Gasteiger partial charge in [0, 0.05) is 0 Å². The molecule has 0 amide bonds. The van der Waals surface area contributed by atoms with Crippen LogP contribution in [0.5, 0.6) is 5.75 Å². The third-order valence-corrected chi connectivity index (χ3v) is 6.06. The summed E-state index contributed by atoms with van der Waals surface area (Å²) in [6, 6.07) is 14.9. The largest absolute Gasteiger partial charge is 0.482 e. The van der Waals surface area contributed by atoms with E-state index in [-0.39, 0.29) is 11.4 Å². The number of rotatable bonds is 8. The van der Waals surface area contributed by atoms with Crippen molar-refractivity contribution in [3.8, 4) is 5.75 Å². The second kappa shape index (κ2) is 8.40. The first kappa shape index (κ1) is 20.5. The van der Waals surface area contributed by atoms with E-state index in [1.807, 2.05) is 19.1 Å². The molecule has 0 fully saturated rings. The Morgan fingerprint density at radius 3 is 2.41 bits per heavy atom. The Kier molecular flexibility index (Phi) is 5.93. The maximum absolute atomic E-state index is 13.4. The number of nitrogens with zero attached hydrogens (tertiary/aromatic N) is 1. The van der Waals surface area contributed by atoms with Crippen LogP contribution in [-0.4, -0.2) is 26.1 Å². The van der Waals surface area contributed by atoms with Crippen LogP contribution < -0.4 is 9.04 Å². The first-order valence-electron chi connectivity index (χ1n) is 8.84. The molecule has 2 aromatic carbocycles. The van der Waals surface area contributed by atoms with Gasteiger partial charge >= 0.3 is 5.97 Å². The number of hydrogen-bond acceptors (Lipinski definition) is 5. The Morgan fingerprint density at radius 2 is 1.83 bits per heavy atom. The van der Waals surface area contributed by atoms with Gasteiger partial charge in [0.15, 0.2) is 6.61 Å². The van der Waals surface area contributed by atoms with E-state index in [0.29, 0.717) is 22.8 Å². The molecule has 0 aliphatic heterocycles. The van der Waals surface area contributed by atoms with Crippen LogP contribution >= 0.6 is 0 Å². The maximum Gasteiger partial charge on any atom is 0.341 e. The van der Waals surface area contributed by atoms with E-state index < -0.39 is 22.6 Å². The van der Waals surface area contributed by atoms with Crippen molar-refractivity contribution in [2.45, 2.75) is 25.3 Å². The van der Waals surface area contributed by atoms with Crippen molar-refractivity contribution in [2.24, 2.45) is 0 Å². The van der Waals surface area contributed by atoms with Crippen molar-refractivity contribution >= 4 is 21.7 Å². The zero-order valence-electron chi connectivity index (χ0n) is 16.0. The van der Waals surface area contributed by atoms with Gasteiger partial charge in [-0.2, -0.15) is 0 Å². The fourth-order valence-electron chi connectivity index (χ4n) is 2.78. The highest BCUT2D eigenvalue weighted by Gasteiger charge is 2.26. The number of aryl methyl sites for hydroxylation is 2. The Hall–Kier alpha value is -3.26. The number of aliphatic carboxylic acids is 1. The maximum atomic E-state index is 13.4. The average molecular weight is 415 g/mol. The second-order valence-corrected chi connectivity index (χ2v) is 8.40. The molecule has 1 aromatic heterocycles. The summed E-state index contributed by atoms with van der Waals surface area (Å²) in [5, 5.41) is 8.75. The lowest BCUT2D eigenvalue weighted by Gasteiger charge is -2.24. The smallest absolute Gasteiger partial charge is 0.341 e. The van der Waals surface area contributed by atoms with Crippen LogP contribution in [0.3, 0.4) is 0 Å². The summed E-state index contributed by atoms with van der Waals surface area (Å²) >= 11 is 0. The molecule has 1 N–H and O–H groups in total. The first-order chi connectivity index (χ1) is 13.8. The summed E-state index contributed by atoms with van der Waals surface area (Å²) in [7, 11) is -3.91. The summed E-state index contributed by atoms with van der Waals surface area (Å²) in [4.78, 5) is 10.8. The number of hydrogen-bond donors (Lipinski definition) is 1. The standard InChI is InChI=1S/C21H21NO6S/c1-15-5-7-17(8-6-15)22(13-18-4-3-11-27-18)29(25,26)19-9-10-20(16(2)12-19)28-14-21(23)24/h3-12H,13-14H2,1-2H3,(H,23,24). The van der Waals surface area contributed by atoms with Crippen LogP contribution in [0.4, 0.5) is 5.69 Å². The summed E-state index contributed by atoms with van der Waals surface area (Å²) in [6.45, 7) is 3.13. The zero-order chi connectivity index (χ0) is 21.0.